The van der Waals surface area contributed by atoms with Crippen molar-refractivity contribution in [2.75, 3.05) is 34.4 Å². The molecule has 1 N–H and O–H groups in total. The molecule has 2 aromatic carbocycles. The summed E-state index contributed by atoms with van der Waals surface area (Å²) in [4.78, 5) is 34.5. The first kappa shape index (κ1) is 19.7. The van der Waals surface area contributed by atoms with Gasteiger partial charge < -0.3 is 19.4 Å². The summed E-state index contributed by atoms with van der Waals surface area (Å²) in [6, 6.07) is 13.0. The molecule has 0 atom stereocenters. The molecule has 0 aliphatic heterocycles. The molecular formula is C22H22N4O4. The molecule has 8 nitrogen and oxygen atoms in total. The fourth-order valence-electron chi connectivity index (χ4n) is 3.46. The molecule has 8 heteroatoms. The number of hydrogen-bond donors (Lipinski definition) is 1. The molecule has 0 spiro atoms. The number of ether oxygens (including phenoxy) is 2. The summed E-state index contributed by atoms with van der Waals surface area (Å²) in [7, 11) is 4.79. The smallest absolute Gasteiger partial charge is 0.274 e. The Bertz CT molecular complexity index is 1280. The molecule has 0 fully saturated rings. The Hall–Kier alpha value is -3.65. The van der Waals surface area contributed by atoms with Gasteiger partial charge in [0, 0.05) is 32.3 Å². The Kier molecular flexibility index (Phi) is 5.24. The maximum atomic E-state index is 12.9. The molecule has 2 aromatic heterocycles. The number of nitrogens with one attached hydrogen (secondary N) is 1. The third-order valence-electron chi connectivity index (χ3n) is 5.04. The van der Waals surface area contributed by atoms with Crippen molar-refractivity contribution in [3.63, 3.8) is 0 Å². The molecule has 154 valence electrons. The highest BCUT2D eigenvalue weighted by atomic mass is 16.5. The number of likely N-dealkylation sites (N-methyl/N-ethyl adjacent to an activating group) is 1. The first-order valence-electron chi connectivity index (χ1n) is 9.46. The van der Waals surface area contributed by atoms with Gasteiger partial charge in [-0.1, -0.05) is 30.3 Å². The standard InChI is InChI=1S/C22H22N4O4/c1-25(9-10-29-2)22(28)15-11-16-17(12-19(15)30-3)26-18(21(27)24-16)13-23-20(26)14-7-5-4-6-8-14/h4-8,11-13H,9-10H2,1-3H3,(H,24,27). The zero-order chi connectivity index (χ0) is 21.3. The largest absolute Gasteiger partial charge is 0.496 e. The Balaban J connectivity index is 1.95. The molecule has 0 saturated carbocycles. The van der Waals surface area contributed by atoms with Crippen LogP contribution in [0.4, 0.5) is 0 Å². The summed E-state index contributed by atoms with van der Waals surface area (Å²) in [6.07, 6.45) is 1.55. The van der Waals surface area contributed by atoms with Crippen molar-refractivity contribution in [3.05, 3.63) is 64.6 Å². The molecule has 4 aromatic rings. The zero-order valence-electron chi connectivity index (χ0n) is 17.0. The third kappa shape index (κ3) is 3.31. The molecule has 0 unspecified atom stereocenters. The van der Waals surface area contributed by atoms with Gasteiger partial charge in [-0.2, -0.15) is 0 Å². The van der Waals surface area contributed by atoms with Crippen LogP contribution in [0.5, 0.6) is 5.75 Å². The number of H-pyrrole nitrogens is 1. The Morgan fingerprint density at radius 3 is 2.63 bits per heavy atom. The molecule has 0 aliphatic carbocycles. The van der Waals surface area contributed by atoms with Crippen LogP contribution in [0.15, 0.2) is 53.5 Å². The first-order valence-corrected chi connectivity index (χ1v) is 9.46. The third-order valence-corrected chi connectivity index (χ3v) is 5.04. The van der Waals surface area contributed by atoms with Gasteiger partial charge in [0.15, 0.2) is 0 Å². The second kappa shape index (κ2) is 8.00. The van der Waals surface area contributed by atoms with E-state index in [1.54, 1.807) is 41.8 Å². The first-order chi connectivity index (χ1) is 14.5. The monoisotopic (exact) mass is 406 g/mol. The summed E-state index contributed by atoms with van der Waals surface area (Å²) in [6.45, 7) is 0.858. The lowest BCUT2D eigenvalue weighted by atomic mass is 10.1. The maximum absolute atomic E-state index is 12.9. The number of hydrogen-bond acceptors (Lipinski definition) is 5. The predicted molar refractivity (Wildman–Crippen MR) is 114 cm³/mol. The van der Waals surface area contributed by atoms with Crippen LogP contribution in [-0.4, -0.2) is 59.6 Å². The second-order valence-electron chi connectivity index (χ2n) is 6.91. The van der Waals surface area contributed by atoms with Crippen LogP contribution in [0.2, 0.25) is 0 Å². The van der Waals surface area contributed by atoms with E-state index in [2.05, 4.69) is 9.97 Å². The van der Waals surface area contributed by atoms with Gasteiger partial charge >= 0.3 is 0 Å². The van der Waals surface area contributed by atoms with Crippen LogP contribution in [0.25, 0.3) is 27.9 Å². The van der Waals surface area contributed by atoms with Gasteiger partial charge in [0.2, 0.25) is 0 Å². The summed E-state index contributed by atoms with van der Waals surface area (Å²) in [5, 5.41) is 0. The van der Waals surface area contributed by atoms with E-state index in [1.165, 1.54) is 7.11 Å². The normalized spacial score (nSPS) is 11.2. The van der Waals surface area contributed by atoms with Crippen molar-refractivity contribution < 1.29 is 14.3 Å². The minimum Gasteiger partial charge on any atom is -0.496 e. The van der Waals surface area contributed by atoms with Gasteiger partial charge in [-0.25, -0.2) is 4.98 Å². The Labute approximate surface area is 172 Å². The highest BCUT2D eigenvalue weighted by molar-refractivity contribution is 6.00. The van der Waals surface area contributed by atoms with Crippen molar-refractivity contribution >= 4 is 22.5 Å². The molecule has 30 heavy (non-hydrogen) atoms. The molecule has 4 rings (SSSR count). The number of benzene rings is 2. The number of methoxy groups -OCH3 is 2. The van der Waals surface area contributed by atoms with Gasteiger partial charge in [-0.05, 0) is 6.07 Å². The van der Waals surface area contributed by atoms with E-state index in [-0.39, 0.29) is 11.5 Å². The molecular weight excluding hydrogens is 384 g/mol. The van der Waals surface area contributed by atoms with Crippen LogP contribution in [-0.2, 0) is 4.74 Å². The predicted octanol–water partition coefficient (Wildman–Crippen LogP) is 2.57. The minimum absolute atomic E-state index is 0.222. The number of amides is 1. The minimum atomic E-state index is -0.284. The van der Waals surface area contributed by atoms with E-state index < -0.39 is 0 Å². The van der Waals surface area contributed by atoms with Crippen LogP contribution < -0.4 is 10.3 Å². The van der Waals surface area contributed by atoms with Crippen LogP contribution in [0, 0.1) is 0 Å². The van der Waals surface area contributed by atoms with Crippen molar-refractivity contribution in [1.82, 2.24) is 19.3 Å². The Morgan fingerprint density at radius 2 is 1.93 bits per heavy atom. The fraction of sp³-hybridized carbons (Fsp3) is 0.227. The van der Waals surface area contributed by atoms with Crippen molar-refractivity contribution in [1.29, 1.82) is 0 Å². The van der Waals surface area contributed by atoms with Gasteiger partial charge in [0.05, 0.1) is 36.5 Å². The highest BCUT2D eigenvalue weighted by Gasteiger charge is 2.20. The topological polar surface area (TPSA) is 88.9 Å². The average Bonchev–Trinajstić information content (AvgIpc) is 3.23. The van der Waals surface area contributed by atoms with Gasteiger partial charge in [-0.15, -0.1) is 0 Å². The van der Waals surface area contributed by atoms with Crippen LogP contribution >= 0.6 is 0 Å². The molecule has 0 bridgehead atoms. The summed E-state index contributed by atoms with van der Waals surface area (Å²) >= 11 is 0. The van der Waals surface area contributed by atoms with E-state index in [0.717, 1.165) is 5.56 Å². The van der Waals surface area contributed by atoms with E-state index in [0.29, 0.717) is 46.8 Å². The van der Waals surface area contributed by atoms with Gasteiger partial charge in [0.25, 0.3) is 11.5 Å². The number of nitrogens with zero attached hydrogens (tertiary/aromatic N) is 3. The van der Waals surface area contributed by atoms with E-state index in [9.17, 15) is 9.59 Å². The second-order valence-corrected chi connectivity index (χ2v) is 6.91. The SMILES string of the molecule is COCCN(C)C(=O)c1cc2[nH]c(=O)c3cnc(-c4ccccc4)n3c2cc1OC. The lowest BCUT2D eigenvalue weighted by Crippen LogP contribution is -2.30. The molecule has 1 amide bonds. The lowest BCUT2D eigenvalue weighted by molar-refractivity contribution is 0.0741. The van der Waals surface area contributed by atoms with Crippen molar-refractivity contribution in [2.45, 2.75) is 0 Å². The number of imidazole rings is 1. The summed E-state index contributed by atoms with van der Waals surface area (Å²) < 4.78 is 12.4. The molecule has 2 heterocycles. The van der Waals surface area contributed by atoms with Gasteiger partial charge in [-0.3, -0.25) is 14.0 Å². The van der Waals surface area contributed by atoms with Crippen LogP contribution in [0.3, 0.4) is 0 Å². The van der Waals surface area contributed by atoms with Crippen LogP contribution in [0.1, 0.15) is 10.4 Å². The van der Waals surface area contributed by atoms with E-state index in [4.69, 9.17) is 9.47 Å². The number of rotatable bonds is 6. The number of fused-ring (bicyclic) bond motifs is 3. The van der Waals surface area contributed by atoms with Crippen molar-refractivity contribution in [3.8, 4) is 17.1 Å². The summed E-state index contributed by atoms with van der Waals surface area (Å²) in [5.41, 5.74) is 2.58. The number of carbonyl (C=O) groups is 1. The average molecular weight is 406 g/mol. The molecule has 0 saturated heterocycles. The van der Waals surface area contributed by atoms with Crippen molar-refractivity contribution in [2.24, 2.45) is 0 Å². The number of aromatic nitrogens is 3. The maximum Gasteiger partial charge on any atom is 0.274 e. The van der Waals surface area contributed by atoms with E-state index >= 15 is 0 Å². The zero-order valence-corrected chi connectivity index (χ0v) is 17.0. The number of aromatic amines is 1. The lowest BCUT2D eigenvalue weighted by Gasteiger charge is -2.19. The quantitative estimate of drug-likeness (QED) is 0.532. The Morgan fingerprint density at radius 1 is 1.17 bits per heavy atom. The van der Waals surface area contributed by atoms with E-state index in [1.807, 2.05) is 30.3 Å². The molecule has 0 radical (unpaired) electrons. The number of carbonyl (C=O) groups excluding carboxylic acids is 1. The fourth-order valence-corrected chi connectivity index (χ4v) is 3.46. The highest BCUT2D eigenvalue weighted by Crippen LogP contribution is 2.28. The molecule has 0 aliphatic rings. The summed E-state index contributed by atoms with van der Waals surface area (Å²) in [5.74, 6) is 0.832. The van der Waals surface area contributed by atoms with Gasteiger partial charge in [0.1, 0.15) is 17.1 Å².